The van der Waals surface area contributed by atoms with Crippen molar-refractivity contribution in [3.05, 3.63) is 29.6 Å². The Morgan fingerprint density at radius 3 is 2.50 bits per heavy atom. The van der Waals surface area contributed by atoms with Gasteiger partial charge in [0.05, 0.1) is 17.1 Å². The van der Waals surface area contributed by atoms with Gasteiger partial charge in [-0.2, -0.15) is 0 Å². The van der Waals surface area contributed by atoms with Crippen LogP contribution in [0.1, 0.15) is 43.0 Å². The summed E-state index contributed by atoms with van der Waals surface area (Å²) >= 11 is 0. The molecule has 0 radical (unpaired) electrons. The molecule has 0 unspecified atom stereocenters. The minimum absolute atomic E-state index is 0. The first-order chi connectivity index (χ1) is 10.8. The second-order valence-corrected chi connectivity index (χ2v) is 7.38. The molecule has 1 saturated carbocycles. The van der Waals surface area contributed by atoms with E-state index in [0.29, 0.717) is 12.8 Å². The monoisotopic (exact) mass is 380 g/mol. The predicted octanol–water partition coefficient (Wildman–Crippen LogP) is 1.97. The van der Waals surface area contributed by atoms with Crippen LogP contribution in [0.2, 0.25) is 0 Å². The summed E-state index contributed by atoms with van der Waals surface area (Å²) < 4.78 is 46.2. The van der Waals surface area contributed by atoms with E-state index in [2.05, 4.69) is 4.72 Å². The number of esters is 1. The first-order valence-corrected chi connectivity index (χ1v) is 9.02. The molecule has 0 bridgehead atoms. The molecule has 1 aromatic rings. The van der Waals surface area contributed by atoms with Gasteiger partial charge in [0.1, 0.15) is 5.82 Å². The zero-order valence-corrected chi connectivity index (χ0v) is 15.0. The van der Waals surface area contributed by atoms with E-state index in [1.807, 2.05) is 0 Å². The lowest BCUT2D eigenvalue weighted by Gasteiger charge is -2.28. The highest BCUT2D eigenvalue weighted by Crippen LogP contribution is 2.30. The summed E-state index contributed by atoms with van der Waals surface area (Å²) in [6.45, 7) is 1.90. The Morgan fingerprint density at radius 2 is 1.96 bits per heavy atom. The van der Waals surface area contributed by atoms with Crippen LogP contribution in [0.25, 0.3) is 0 Å². The van der Waals surface area contributed by atoms with Crippen molar-refractivity contribution in [3.8, 4) is 0 Å². The summed E-state index contributed by atoms with van der Waals surface area (Å²) in [5.41, 5.74) is 4.89. The lowest BCUT2D eigenvalue weighted by Crippen LogP contribution is -2.51. The molecule has 1 aromatic carbocycles. The van der Waals surface area contributed by atoms with Gasteiger partial charge in [-0.25, -0.2) is 22.3 Å². The summed E-state index contributed by atoms with van der Waals surface area (Å²) in [7, 11) is -3.99. The molecule has 0 saturated heterocycles. The Balaban J connectivity index is 0.00000288. The SMILES string of the molecule is CCOC(=O)c1cc(F)cc(S(=O)(=O)NC2(CN)CCCC2)c1.Cl. The summed E-state index contributed by atoms with van der Waals surface area (Å²) in [6.07, 6.45) is 3.06. The van der Waals surface area contributed by atoms with Crippen molar-refractivity contribution >= 4 is 28.4 Å². The van der Waals surface area contributed by atoms with Crippen LogP contribution in [0.4, 0.5) is 4.39 Å². The van der Waals surface area contributed by atoms with Crippen LogP contribution in [0.15, 0.2) is 23.1 Å². The lowest BCUT2D eigenvalue weighted by molar-refractivity contribution is 0.0525. The third-order valence-corrected chi connectivity index (χ3v) is 5.55. The molecule has 1 aliphatic rings. The van der Waals surface area contributed by atoms with E-state index in [0.717, 1.165) is 31.0 Å². The predicted molar refractivity (Wildman–Crippen MR) is 90.2 cm³/mol. The quantitative estimate of drug-likeness (QED) is 0.735. The number of carbonyl (C=O) groups excluding carboxylic acids is 1. The van der Waals surface area contributed by atoms with Crippen LogP contribution in [-0.4, -0.2) is 33.1 Å². The van der Waals surface area contributed by atoms with Crippen LogP contribution in [0.3, 0.4) is 0 Å². The highest BCUT2D eigenvalue weighted by molar-refractivity contribution is 7.89. The Kier molecular flexibility index (Phi) is 7.15. The zero-order chi connectivity index (χ0) is 17.1. The highest BCUT2D eigenvalue weighted by Gasteiger charge is 2.37. The van der Waals surface area contributed by atoms with Crippen LogP contribution >= 0.6 is 12.4 Å². The number of rotatable bonds is 6. The second kappa shape index (κ2) is 8.24. The molecular formula is C15H22ClFN2O4S. The number of benzene rings is 1. The summed E-state index contributed by atoms with van der Waals surface area (Å²) in [5, 5.41) is 0. The normalized spacial score (nSPS) is 16.5. The van der Waals surface area contributed by atoms with Gasteiger partial charge in [-0.05, 0) is 38.0 Å². The molecule has 24 heavy (non-hydrogen) atoms. The summed E-state index contributed by atoms with van der Waals surface area (Å²) in [5.74, 6) is -1.58. The van der Waals surface area contributed by atoms with Gasteiger partial charge >= 0.3 is 5.97 Å². The highest BCUT2D eigenvalue weighted by atomic mass is 35.5. The fourth-order valence-electron chi connectivity index (χ4n) is 2.79. The van der Waals surface area contributed by atoms with Crippen LogP contribution in [0.5, 0.6) is 0 Å². The smallest absolute Gasteiger partial charge is 0.338 e. The first kappa shape index (κ1) is 20.8. The minimum Gasteiger partial charge on any atom is -0.462 e. The van der Waals surface area contributed by atoms with Gasteiger partial charge in [0.2, 0.25) is 10.0 Å². The molecule has 0 atom stereocenters. The lowest BCUT2D eigenvalue weighted by atomic mass is 10.0. The summed E-state index contributed by atoms with van der Waals surface area (Å²) in [6, 6.07) is 2.94. The average molecular weight is 381 g/mol. The molecule has 0 aliphatic heterocycles. The Morgan fingerprint density at radius 1 is 1.33 bits per heavy atom. The third-order valence-electron chi connectivity index (χ3n) is 4.00. The van der Waals surface area contributed by atoms with Crippen molar-refractivity contribution in [2.45, 2.75) is 43.0 Å². The van der Waals surface area contributed by atoms with Crippen molar-refractivity contribution < 1.29 is 22.3 Å². The number of hydrogen-bond donors (Lipinski definition) is 2. The van der Waals surface area contributed by atoms with Crippen molar-refractivity contribution in [1.29, 1.82) is 0 Å². The molecule has 0 heterocycles. The number of nitrogens with one attached hydrogen (secondary N) is 1. The van der Waals surface area contributed by atoms with Crippen molar-refractivity contribution in [1.82, 2.24) is 4.72 Å². The molecular weight excluding hydrogens is 359 g/mol. The van der Waals surface area contributed by atoms with Crippen LogP contribution in [-0.2, 0) is 14.8 Å². The van der Waals surface area contributed by atoms with Crippen LogP contribution < -0.4 is 10.5 Å². The molecule has 6 nitrogen and oxygen atoms in total. The van der Waals surface area contributed by atoms with Gasteiger partial charge in [0.15, 0.2) is 0 Å². The minimum atomic E-state index is -3.99. The maximum absolute atomic E-state index is 13.7. The van der Waals surface area contributed by atoms with Gasteiger partial charge in [-0.3, -0.25) is 0 Å². The van der Waals surface area contributed by atoms with E-state index < -0.39 is 27.3 Å². The Bertz CT molecular complexity index is 691. The van der Waals surface area contributed by atoms with Crippen LogP contribution in [0, 0.1) is 5.82 Å². The molecule has 2 rings (SSSR count). The van der Waals surface area contributed by atoms with E-state index in [9.17, 15) is 17.6 Å². The molecule has 0 spiro atoms. The largest absolute Gasteiger partial charge is 0.462 e. The number of sulfonamides is 1. The molecule has 9 heteroatoms. The van der Waals surface area contributed by atoms with Gasteiger partial charge < -0.3 is 10.5 Å². The van der Waals surface area contributed by atoms with Gasteiger partial charge in [0.25, 0.3) is 0 Å². The van der Waals surface area contributed by atoms with E-state index in [4.69, 9.17) is 10.5 Å². The summed E-state index contributed by atoms with van der Waals surface area (Å²) in [4.78, 5) is 11.4. The molecule has 3 N–H and O–H groups in total. The van der Waals surface area contributed by atoms with Gasteiger partial charge in [-0.1, -0.05) is 12.8 Å². The number of carbonyl (C=O) groups is 1. The molecule has 0 aromatic heterocycles. The van der Waals surface area contributed by atoms with E-state index in [1.165, 1.54) is 0 Å². The topological polar surface area (TPSA) is 98.5 Å². The standard InChI is InChI=1S/C15H21FN2O4S.ClH/c1-2-22-14(19)11-7-12(16)9-13(8-11)23(20,21)18-15(10-17)5-3-4-6-15;/h7-9,18H,2-6,10,17H2,1H3;1H. The first-order valence-electron chi connectivity index (χ1n) is 7.54. The van der Waals surface area contributed by atoms with Gasteiger partial charge in [0, 0.05) is 12.1 Å². The Hall–Kier alpha value is -1.22. The molecule has 0 amide bonds. The average Bonchev–Trinajstić information content (AvgIpc) is 2.95. The maximum Gasteiger partial charge on any atom is 0.338 e. The number of hydrogen-bond acceptors (Lipinski definition) is 5. The second-order valence-electron chi connectivity index (χ2n) is 5.69. The molecule has 1 fully saturated rings. The Labute approximate surface area is 147 Å². The zero-order valence-electron chi connectivity index (χ0n) is 13.4. The van der Waals surface area contributed by atoms with E-state index in [1.54, 1.807) is 6.92 Å². The van der Waals surface area contributed by atoms with Crippen molar-refractivity contribution in [2.75, 3.05) is 13.2 Å². The van der Waals surface area contributed by atoms with E-state index in [-0.39, 0.29) is 36.0 Å². The number of nitrogens with two attached hydrogens (primary N) is 1. The maximum atomic E-state index is 13.7. The molecule has 1 aliphatic carbocycles. The van der Waals surface area contributed by atoms with Gasteiger partial charge in [-0.15, -0.1) is 12.4 Å². The number of ether oxygens (including phenoxy) is 1. The molecule has 136 valence electrons. The van der Waals surface area contributed by atoms with E-state index >= 15 is 0 Å². The fraction of sp³-hybridized carbons (Fsp3) is 0.533. The third kappa shape index (κ3) is 4.66. The fourth-order valence-corrected chi connectivity index (χ4v) is 4.32. The number of halogens is 2. The van der Waals surface area contributed by atoms with Crippen molar-refractivity contribution in [2.24, 2.45) is 5.73 Å². The van der Waals surface area contributed by atoms with Crippen molar-refractivity contribution in [3.63, 3.8) is 0 Å².